The summed E-state index contributed by atoms with van der Waals surface area (Å²) in [5, 5.41) is 28.4. The van der Waals surface area contributed by atoms with Gasteiger partial charge in [-0.15, -0.1) is 11.3 Å². The number of aliphatic hydroxyl groups is 1. The lowest BCUT2D eigenvalue weighted by molar-refractivity contribution is 0.102. The van der Waals surface area contributed by atoms with E-state index < -0.39 is 0 Å². The number of aliphatic hydroxyl groups excluding tert-OH is 1. The van der Waals surface area contributed by atoms with E-state index in [0.29, 0.717) is 27.4 Å². The first-order chi connectivity index (χ1) is 16.7. The molecule has 0 aliphatic carbocycles. The number of hydrogen-bond donors (Lipinski definition) is 2. The maximum atomic E-state index is 11.0. The number of ketones is 1. The van der Waals surface area contributed by atoms with Crippen LogP contribution >= 0.6 is 62.7 Å². The lowest BCUT2D eigenvalue weighted by Gasteiger charge is -1.95. The van der Waals surface area contributed by atoms with E-state index in [0.717, 1.165) is 16.3 Å². The molecule has 6 nitrogen and oxygen atoms in total. The van der Waals surface area contributed by atoms with E-state index in [1.54, 1.807) is 37.3 Å². The van der Waals surface area contributed by atoms with Crippen molar-refractivity contribution in [1.29, 1.82) is 10.5 Å². The fourth-order valence-electron chi connectivity index (χ4n) is 2.00. The number of thiocarbonyl (C=S) groups is 1. The number of carbonyl (C=O) groups is 1. The molecule has 0 bridgehead atoms. The Balaban J connectivity index is 0.000000508. The fourth-order valence-corrected chi connectivity index (χ4v) is 3.38. The van der Waals surface area contributed by atoms with Crippen LogP contribution < -0.4 is 5.73 Å². The van der Waals surface area contributed by atoms with Gasteiger partial charge in [-0.2, -0.15) is 10.5 Å². The third-order valence-electron chi connectivity index (χ3n) is 3.46. The molecule has 0 saturated heterocycles. The highest BCUT2D eigenvalue weighted by atomic mass is 79.9. The monoisotopic (exact) mass is 612 g/mol. The molecule has 0 fully saturated rings. The molecular formula is C24H23BrCl2N4O2S2. The molecule has 0 saturated carbocycles. The van der Waals surface area contributed by atoms with Gasteiger partial charge in [0.2, 0.25) is 0 Å². The highest BCUT2D eigenvalue weighted by Crippen LogP contribution is 2.23. The van der Waals surface area contributed by atoms with Crippen molar-refractivity contribution in [3.05, 3.63) is 74.5 Å². The molecule has 35 heavy (non-hydrogen) atoms. The average Bonchev–Trinajstić information content (AvgIpc) is 3.30. The van der Waals surface area contributed by atoms with E-state index in [4.69, 9.17) is 44.6 Å². The summed E-state index contributed by atoms with van der Waals surface area (Å²) in [4.78, 5) is 15.6. The molecule has 0 aliphatic rings. The summed E-state index contributed by atoms with van der Waals surface area (Å²) < 4.78 is 0. The van der Waals surface area contributed by atoms with Gasteiger partial charge >= 0.3 is 0 Å². The van der Waals surface area contributed by atoms with Crippen molar-refractivity contribution < 1.29 is 9.90 Å². The number of nitrogens with two attached hydrogens (primary N) is 1. The van der Waals surface area contributed by atoms with Crippen LogP contribution in [0.1, 0.15) is 28.7 Å². The van der Waals surface area contributed by atoms with Gasteiger partial charge in [-0.1, -0.05) is 63.5 Å². The second kappa shape index (κ2) is 19.9. The van der Waals surface area contributed by atoms with E-state index >= 15 is 0 Å². The van der Waals surface area contributed by atoms with Crippen LogP contribution in [-0.2, 0) is 6.42 Å². The second-order valence-corrected chi connectivity index (χ2v) is 9.05. The van der Waals surface area contributed by atoms with Gasteiger partial charge in [0.25, 0.3) is 0 Å². The van der Waals surface area contributed by atoms with Crippen molar-refractivity contribution in [2.75, 3.05) is 11.9 Å². The number of thiazole rings is 1. The first-order valence-corrected chi connectivity index (χ1v) is 13.1. The number of rotatable bonds is 5. The largest absolute Gasteiger partial charge is 0.397 e. The topological polar surface area (TPSA) is 124 Å². The zero-order chi connectivity index (χ0) is 26.6. The Morgan fingerprint density at radius 1 is 1.11 bits per heavy atom. The summed E-state index contributed by atoms with van der Waals surface area (Å²) in [5.41, 5.74) is 7.53. The molecule has 3 aromatic rings. The van der Waals surface area contributed by atoms with Gasteiger partial charge in [0, 0.05) is 33.2 Å². The van der Waals surface area contributed by atoms with E-state index in [1.165, 1.54) is 11.3 Å². The van der Waals surface area contributed by atoms with E-state index in [-0.39, 0.29) is 23.8 Å². The van der Waals surface area contributed by atoms with Crippen molar-refractivity contribution in [3.8, 4) is 23.4 Å². The second-order valence-electron chi connectivity index (χ2n) is 6.15. The Morgan fingerprint density at radius 2 is 1.63 bits per heavy atom. The third kappa shape index (κ3) is 15.3. The quantitative estimate of drug-likeness (QED) is 0.188. The SMILES string of the molecule is CCO.N#CCC(N)=S.N#CCc1nc(-c2ccc(Cl)cc2)cs1.O=C(CBr)c1ccc(Cl)cc1. The van der Waals surface area contributed by atoms with Crippen molar-refractivity contribution in [3.63, 3.8) is 0 Å². The molecule has 1 aromatic heterocycles. The lowest BCUT2D eigenvalue weighted by Crippen LogP contribution is -2.04. The molecule has 184 valence electrons. The Kier molecular flexibility index (Phi) is 18.5. The number of carbonyl (C=O) groups excluding carboxylic acids is 1. The normalized spacial score (nSPS) is 8.89. The van der Waals surface area contributed by atoms with Crippen LogP contribution in [0.2, 0.25) is 10.0 Å². The van der Waals surface area contributed by atoms with Gasteiger partial charge in [-0.25, -0.2) is 4.98 Å². The third-order valence-corrected chi connectivity index (χ3v) is 5.47. The molecule has 0 atom stereocenters. The van der Waals surface area contributed by atoms with Gasteiger partial charge in [0.15, 0.2) is 5.78 Å². The van der Waals surface area contributed by atoms with Gasteiger partial charge < -0.3 is 10.8 Å². The molecule has 1 heterocycles. The van der Waals surface area contributed by atoms with E-state index in [2.05, 4.69) is 39.2 Å². The number of nitriles is 2. The number of hydrogen-bond acceptors (Lipinski definition) is 7. The van der Waals surface area contributed by atoms with Gasteiger partial charge in [-0.3, -0.25) is 4.79 Å². The molecule has 0 aliphatic heterocycles. The predicted molar refractivity (Wildman–Crippen MR) is 151 cm³/mol. The smallest absolute Gasteiger partial charge is 0.173 e. The van der Waals surface area contributed by atoms with Crippen LogP contribution in [0, 0.1) is 22.7 Å². The number of Topliss-reactive ketones (excluding diaryl/α,β-unsaturated/α-hetero) is 1. The number of benzene rings is 2. The minimum absolute atomic E-state index is 0.0710. The lowest BCUT2D eigenvalue weighted by atomic mass is 10.2. The van der Waals surface area contributed by atoms with Crippen molar-refractivity contribution in [1.82, 2.24) is 4.98 Å². The summed E-state index contributed by atoms with van der Waals surface area (Å²) in [6.07, 6.45) is 0.563. The van der Waals surface area contributed by atoms with Crippen LogP contribution in [0.5, 0.6) is 0 Å². The number of nitrogens with zero attached hydrogens (tertiary/aromatic N) is 3. The molecule has 0 spiro atoms. The summed E-state index contributed by atoms with van der Waals surface area (Å²) in [6.45, 7) is 1.93. The zero-order valence-electron chi connectivity index (χ0n) is 18.7. The molecule has 0 amide bonds. The minimum atomic E-state index is 0.0710. The molecule has 0 unspecified atom stereocenters. The maximum Gasteiger partial charge on any atom is 0.173 e. The summed E-state index contributed by atoms with van der Waals surface area (Å²) in [6, 6.07) is 18.2. The van der Waals surface area contributed by atoms with Crippen molar-refractivity contribution >= 4 is 73.5 Å². The van der Waals surface area contributed by atoms with Gasteiger partial charge in [-0.05, 0) is 43.3 Å². The van der Waals surface area contributed by atoms with Crippen molar-refractivity contribution in [2.45, 2.75) is 19.8 Å². The van der Waals surface area contributed by atoms with E-state index in [1.807, 2.05) is 29.6 Å². The fraction of sp³-hybridized carbons (Fsp3) is 0.208. The van der Waals surface area contributed by atoms with Crippen LogP contribution in [0.15, 0.2) is 53.9 Å². The Bertz CT molecular complexity index is 1130. The first-order valence-electron chi connectivity index (χ1n) is 9.90. The maximum absolute atomic E-state index is 11.0. The first kappa shape index (κ1) is 32.6. The zero-order valence-corrected chi connectivity index (χ0v) is 23.5. The summed E-state index contributed by atoms with van der Waals surface area (Å²) in [5.74, 6) is 0.0710. The van der Waals surface area contributed by atoms with Crippen LogP contribution in [0.25, 0.3) is 11.3 Å². The summed E-state index contributed by atoms with van der Waals surface area (Å²) in [7, 11) is 0. The van der Waals surface area contributed by atoms with Crippen molar-refractivity contribution in [2.24, 2.45) is 5.73 Å². The predicted octanol–water partition coefficient (Wildman–Crippen LogP) is 6.63. The highest BCUT2D eigenvalue weighted by molar-refractivity contribution is 9.09. The molecule has 2 aromatic carbocycles. The standard InChI is InChI=1S/C11H7ClN2S.C8H6BrClO.C3H4N2S.C2H6O/c12-9-3-1-8(2-4-9)10-7-15-11(14-10)5-6-13;9-5-8(11)6-1-3-7(10)4-2-6;4-2-1-3(5)6;1-2-3/h1-4,7H,5H2;1-4H,5H2;1H2,(H2,5,6);3H,2H2,1H3. The Hall–Kier alpha value is -2.37. The van der Waals surface area contributed by atoms with Crippen LogP contribution in [0.3, 0.4) is 0 Å². The number of alkyl halides is 1. The number of aromatic nitrogens is 1. The molecule has 3 rings (SSSR count). The number of halogens is 3. The minimum Gasteiger partial charge on any atom is -0.397 e. The Morgan fingerprint density at radius 3 is 2.03 bits per heavy atom. The Labute approximate surface area is 233 Å². The average molecular weight is 614 g/mol. The van der Waals surface area contributed by atoms with Crippen LogP contribution in [0.4, 0.5) is 0 Å². The van der Waals surface area contributed by atoms with Gasteiger partial charge in [0.05, 0.1) is 41.0 Å². The van der Waals surface area contributed by atoms with Crippen LogP contribution in [-0.4, -0.2) is 32.8 Å². The van der Waals surface area contributed by atoms with Gasteiger partial charge in [0.1, 0.15) is 5.01 Å². The molecule has 3 N–H and O–H groups in total. The molecular weight excluding hydrogens is 591 g/mol. The highest BCUT2D eigenvalue weighted by Gasteiger charge is 2.04. The molecule has 0 radical (unpaired) electrons. The van der Waals surface area contributed by atoms with E-state index in [9.17, 15) is 4.79 Å². The summed E-state index contributed by atoms with van der Waals surface area (Å²) >= 11 is 20.4. The molecule has 11 heteroatoms.